The van der Waals surface area contributed by atoms with Gasteiger partial charge in [-0.3, -0.25) is 0 Å². The Labute approximate surface area is 110 Å². The van der Waals surface area contributed by atoms with E-state index in [0.29, 0.717) is 5.56 Å². The third kappa shape index (κ3) is 4.91. The van der Waals surface area contributed by atoms with E-state index >= 15 is 0 Å². The Morgan fingerprint density at radius 2 is 2.19 bits per heavy atom. The Balaban J connectivity index is 2.42. The highest BCUT2D eigenvalue weighted by molar-refractivity contribution is 9.10. The van der Waals surface area contributed by atoms with E-state index in [1.54, 1.807) is 0 Å². The molecule has 0 fully saturated rings. The van der Waals surface area contributed by atoms with Gasteiger partial charge in [-0.15, -0.1) is 0 Å². The number of nitrogens with zero attached hydrogens (tertiary/aromatic N) is 1. The average Bonchev–Trinajstić information content (AvgIpc) is 2.28. The number of rotatable bonds is 6. The number of halogens is 1. The van der Waals surface area contributed by atoms with Crippen LogP contribution in [0.25, 0.3) is 0 Å². The van der Waals surface area contributed by atoms with Crippen LogP contribution in [0.5, 0.6) is 0 Å². The highest BCUT2D eigenvalue weighted by atomic mass is 79.9. The van der Waals surface area contributed by atoms with Crippen molar-refractivity contribution in [1.82, 2.24) is 0 Å². The molecule has 0 saturated heterocycles. The van der Waals surface area contributed by atoms with E-state index in [4.69, 9.17) is 5.26 Å². The molecule has 0 amide bonds. The Bertz CT molecular complexity index is 374. The summed E-state index contributed by atoms with van der Waals surface area (Å²) in [7, 11) is 0. The molecule has 1 rings (SSSR count). The molecule has 0 bridgehead atoms. The first-order valence-corrected chi connectivity index (χ1v) is 7.38. The quantitative estimate of drug-likeness (QED) is 0.810. The Morgan fingerprint density at radius 1 is 1.38 bits per heavy atom. The summed E-state index contributed by atoms with van der Waals surface area (Å²) in [6.45, 7) is 0.960. The zero-order chi connectivity index (χ0) is 11.8. The van der Waals surface area contributed by atoms with Gasteiger partial charge in [-0.1, -0.05) is 15.9 Å². The van der Waals surface area contributed by atoms with Crippen LogP contribution < -0.4 is 5.32 Å². The van der Waals surface area contributed by atoms with Crippen molar-refractivity contribution in [2.24, 2.45) is 0 Å². The third-order valence-electron chi connectivity index (χ3n) is 2.13. The minimum atomic E-state index is 0.681. The maximum atomic E-state index is 8.83. The molecule has 2 nitrogen and oxygen atoms in total. The number of unbranched alkanes of at least 4 members (excludes halogenated alkanes) is 1. The Kier molecular flexibility index (Phi) is 6.36. The molecule has 4 heteroatoms. The first kappa shape index (κ1) is 13.4. The van der Waals surface area contributed by atoms with Gasteiger partial charge in [0.2, 0.25) is 0 Å². The highest BCUT2D eigenvalue weighted by Crippen LogP contribution is 2.19. The van der Waals surface area contributed by atoms with Gasteiger partial charge in [0.25, 0.3) is 0 Å². The molecule has 0 spiro atoms. The van der Waals surface area contributed by atoms with Crippen molar-refractivity contribution in [2.45, 2.75) is 12.8 Å². The molecule has 0 aliphatic carbocycles. The summed E-state index contributed by atoms with van der Waals surface area (Å²) < 4.78 is 0.943. The van der Waals surface area contributed by atoms with Crippen LogP contribution in [0.3, 0.4) is 0 Å². The second kappa shape index (κ2) is 7.59. The van der Waals surface area contributed by atoms with Gasteiger partial charge < -0.3 is 5.32 Å². The van der Waals surface area contributed by atoms with Crippen LogP contribution in [-0.4, -0.2) is 18.6 Å². The van der Waals surface area contributed by atoms with Gasteiger partial charge in [-0.25, -0.2) is 0 Å². The van der Waals surface area contributed by atoms with E-state index in [-0.39, 0.29) is 0 Å². The van der Waals surface area contributed by atoms with E-state index in [1.807, 2.05) is 30.0 Å². The van der Waals surface area contributed by atoms with E-state index in [2.05, 4.69) is 33.6 Å². The van der Waals surface area contributed by atoms with E-state index in [1.165, 1.54) is 12.2 Å². The summed E-state index contributed by atoms with van der Waals surface area (Å²) in [5, 5.41) is 12.2. The van der Waals surface area contributed by atoms with Crippen LogP contribution in [0.1, 0.15) is 18.4 Å². The van der Waals surface area contributed by atoms with Gasteiger partial charge in [0.1, 0.15) is 0 Å². The Hall–Kier alpha value is -0.660. The summed E-state index contributed by atoms with van der Waals surface area (Å²) in [5.41, 5.74) is 1.69. The summed E-state index contributed by atoms with van der Waals surface area (Å²) in [5.74, 6) is 1.21. The average molecular weight is 299 g/mol. The number of thioether (sulfide) groups is 1. The van der Waals surface area contributed by atoms with Crippen LogP contribution in [-0.2, 0) is 0 Å². The van der Waals surface area contributed by atoms with Crippen LogP contribution in [0, 0.1) is 11.3 Å². The van der Waals surface area contributed by atoms with Crippen LogP contribution in [0.15, 0.2) is 22.7 Å². The molecule has 1 aromatic carbocycles. The lowest BCUT2D eigenvalue weighted by atomic mass is 10.2. The van der Waals surface area contributed by atoms with Crippen LogP contribution in [0.2, 0.25) is 0 Å². The summed E-state index contributed by atoms with van der Waals surface area (Å²) in [6, 6.07) is 7.83. The van der Waals surface area contributed by atoms with Crippen molar-refractivity contribution < 1.29 is 0 Å². The Morgan fingerprint density at radius 3 is 2.88 bits per heavy atom. The van der Waals surface area contributed by atoms with Gasteiger partial charge in [0.05, 0.1) is 11.6 Å². The minimum absolute atomic E-state index is 0.681. The zero-order valence-corrected chi connectivity index (χ0v) is 11.7. The number of hydrogen-bond donors (Lipinski definition) is 1. The van der Waals surface area contributed by atoms with Gasteiger partial charge in [0, 0.05) is 16.7 Å². The molecule has 16 heavy (non-hydrogen) atoms. The number of hydrogen-bond acceptors (Lipinski definition) is 3. The maximum absolute atomic E-state index is 8.83. The lowest BCUT2D eigenvalue weighted by Crippen LogP contribution is -2.02. The van der Waals surface area contributed by atoms with Crippen LogP contribution >= 0.6 is 27.7 Å². The number of anilines is 1. The molecular weight excluding hydrogens is 284 g/mol. The molecule has 1 aromatic rings. The summed E-state index contributed by atoms with van der Waals surface area (Å²) in [6.07, 6.45) is 4.52. The number of benzene rings is 1. The highest BCUT2D eigenvalue weighted by Gasteiger charge is 1.98. The summed E-state index contributed by atoms with van der Waals surface area (Å²) >= 11 is 5.27. The normalized spacial score (nSPS) is 9.81. The van der Waals surface area contributed by atoms with E-state index < -0.39 is 0 Å². The second-order valence-corrected chi connectivity index (χ2v) is 5.37. The predicted molar refractivity (Wildman–Crippen MR) is 75.0 cm³/mol. The lowest BCUT2D eigenvalue weighted by Gasteiger charge is -2.07. The van der Waals surface area contributed by atoms with Gasteiger partial charge >= 0.3 is 0 Å². The molecule has 0 atom stereocenters. The van der Waals surface area contributed by atoms with Gasteiger partial charge in [-0.05, 0) is 43.0 Å². The molecule has 0 aliphatic rings. The minimum Gasteiger partial charge on any atom is -0.385 e. The van der Waals surface area contributed by atoms with E-state index in [0.717, 1.165) is 23.1 Å². The van der Waals surface area contributed by atoms with Gasteiger partial charge in [0.15, 0.2) is 0 Å². The fourth-order valence-electron chi connectivity index (χ4n) is 1.36. The zero-order valence-electron chi connectivity index (χ0n) is 9.29. The van der Waals surface area contributed by atoms with Crippen molar-refractivity contribution in [2.75, 3.05) is 23.9 Å². The summed E-state index contributed by atoms with van der Waals surface area (Å²) in [4.78, 5) is 0. The standard InChI is InChI=1S/C12H15BrN2S/c1-16-5-3-2-4-15-12-7-10(9-14)6-11(13)8-12/h6-8,15H,2-5H2,1H3. The molecule has 86 valence electrons. The fraction of sp³-hybridized carbons (Fsp3) is 0.417. The van der Waals surface area contributed by atoms with Crippen LogP contribution in [0.4, 0.5) is 5.69 Å². The molecular formula is C12H15BrN2S. The molecule has 0 aromatic heterocycles. The van der Waals surface area contributed by atoms with Crippen molar-refractivity contribution >= 4 is 33.4 Å². The number of nitrogens with one attached hydrogen (secondary N) is 1. The third-order valence-corrected chi connectivity index (χ3v) is 3.29. The predicted octanol–water partition coefficient (Wildman–Crippen LogP) is 3.88. The molecule has 0 saturated carbocycles. The maximum Gasteiger partial charge on any atom is 0.0992 e. The first-order valence-electron chi connectivity index (χ1n) is 5.20. The number of nitriles is 1. The van der Waals surface area contributed by atoms with E-state index in [9.17, 15) is 0 Å². The smallest absolute Gasteiger partial charge is 0.0992 e. The van der Waals surface area contributed by atoms with Crippen molar-refractivity contribution in [3.8, 4) is 6.07 Å². The lowest BCUT2D eigenvalue weighted by molar-refractivity contribution is 0.843. The largest absolute Gasteiger partial charge is 0.385 e. The van der Waals surface area contributed by atoms with Crippen molar-refractivity contribution in [1.29, 1.82) is 5.26 Å². The SMILES string of the molecule is CSCCCCNc1cc(Br)cc(C#N)c1. The first-order chi connectivity index (χ1) is 7.76. The topological polar surface area (TPSA) is 35.8 Å². The molecule has 0 heterocycles. The van der Waals surface area contributed by atoms with Crippen molar-refractivity contribution in [3.63, 3.8) is 0 Å². The second-order valence-electron chi connectivity index (χ2n) is 3.47. The molecule has 0 unspecified atom stereocenters. The monoisotopic (exact) mass is 298 g/mol. The van der Waals surface area contributed by atoms with Crippen molar-refractivity contribution in [3.05, 3.63) is 28.2 Å². The van der Waals surface area contributed by atoms with Gasteiger partial charge in [-0.2, -0.15) is 17.0 Å². The fourth-order valence-corrected chi connectivity index (χ4v) is 2.35. The molecule has 0 radical (unpaired) electrons. The molecule has 1 N–H and O–H groups in total. The molecule has 0 aliphatic heterocycles.